The summed E-state index contributed by atoms with van der Waals surface area (Å²) in [6, 6.07) is 11.9. The Hall–Kier alpha value is -2.49. The largest absolute Gasteiger partial charge is 0.359 e. The van der Waals surface area contributed by atoms with Crippen molar-refractivity contribution in [3.63, 3.8) is 0 Å². The molecule has 0 aliphatic carbocycles. The predicted molar refractivity (Wildman–Crippen MR) is 69.9 cm³/mol. The monoisotopic (exact) mass is 259 g/mol. The van der Waals surface area contributed by atoms with E-state index in [0.717, 1.165) is 12.1 Å². The Kier molecular flexibility index (Phi) is 4.03. The zero-order chi connectivity index (χ0) is 13.7. The summed E-state index contributed by atoms with van der Waals surface area (Å²) in [6.45, 7) is 0. The fourth-order valence-electron chi connectivity index (χ4n) is 1.51. The van der Waals surface area contributed by atoms with Gasteiger partial charge < -0.3 is 5.32 Å². The Labute approximate surface area is 109 Å². The molecule has 0 bridgehead atoms. The Morgan fingerprint density at radius 3 is 2.47 bits per heavy atom. The number of benzene rings is 2. The number of rotatable bonds is 4. The average molecular weight is 259 g/mol. The zero-order valence-electron chi connectivity index (χ0n) is 9.94. The average Bonchev–Trinajstić information content (AvgIpc) is 2.42. The minimum Gasteiger partial charge on any atom is -0.359 e. The van der Waals surface area contributed by atoms with E-state index < -0.39 is 11.6 Å². The molecule has 0 aliphatic heterocycles. The third kappa shape index (κ3) is 3.48. The molecule has 0 spiro atoms. The molecular weight excluding hydrogens is 248 g/mol. The minimum absolute atomic E-state index is 0.110. The highest BCUT2D eigenvalue weighted by molar-refractivity contribution is 6.04. The molecule has 2 nitrogen and oxygen atoms in total. The van der Waals surface area contributed by atoms with Gasteiger partial charge in [0.15, 0.2) is 5.78 Å². The van der Waals surface area contributed by atoms with Gasteiger partial charge in [-0.25, -0.2) is 8.78 Å². The SMILES string of the molecule is O=C(C=CNc1ccc(F)cc1F)c1ccccc1. The van der Waals surface area contributed by atoms with Gasteiger partial charge in [0, 0.05) is 23.9 Å². The van der Waals surface area contributed by atoms with Gasteiger partial charge in [0.2, 0.25) is 0 Å². The second-order valence-corrected chi connectivity index (χ2v) is 3.83. The lowest BCUT2D eigenvalue weighted by Crippen LogP contribution is -1.97. The molecular formula is C15H11F2NO. The van der Waals surface area contributed by atoms with Crippen LogP contribution in [0.2, 0.25) is 0 Å². The number of carbonyl (C=O) groups excluding carboxylic acids is 1. The van der Waals surface area contributed by atoms with Crippen molar-refractivity contribution in [3.8, 4) is 0 Å². The second-order valence-electron chi connectivity index (χ2n) is 3.83. The molecule has 0 aliphatic rings. The third-order valence-corrected chi connectivity index (χ3v) is 2.46. The number of halogens is 2. The van der Waals surface area contributed by atoms with E-state index in [1.54, 1.807) is 24.3 Å². The fourth-order valence-corrected chi connectivity index (χ4v) is 1.51. The predicted octanol–water partition coefficient (Wildman–Crippen LogP) is 3.77. The van der Waals surface area contributed by atoms with Crippen LogP contribution in [0.3, 0.4) is 0 Å². The van der Waals surface area contributed by atoms with Crippen LogP contribution in [0.5, 0.6) is 0 Å². The Bertz CT molecular complexity index is 609. The van der Waals surface area contributed by atoms with Crippen molar-refractivity contribution in [1.82, 2.24) is 0 Å². The van der Waals surface area contributed by atoms with Crippen LogP contribution < -0.4 is 5.32 Å². The summed E-state index contributed by atoms with van der Waals surface area (Å²) in [6.07, 6.45) is 2.61. The lowest BCUT2D eigenvalue weighted by molar-refractivity contribution is 0.104. The van der Waals surface area contributed by atoms with E-state index in [2.05, 4.69) is 5.32 Å². The third-order valence-electron chi connectivity index (χ3n) is 2.46. The normalized spacial score (nSPS) is 10.6. The van der Waals surface area contributed by atoms with Crippen LogP contribution >= 0.6 is 0 Å². The lowest BCUT2D eigenvalue weighted by atomic mass is 10.1. The van der Waals surface area contributed by atoms with Crippen molar-refractivity contribution in [3.05, 3.63) is 78.0 Å². The van der Waals surface area contributed by atoms with Crippen LogP contribution in [0, 0.1) is 11.6 Å². The van der Waals surface area contributed by atoms with Gasteiger partial charge in [0.1, 0.15) is 11.6 Å². The van der Waals surface area contributed by atoms with Crippen molar-refractivity contribution < 1.29 is 13.6 Å². The quantitative estimate of drug-likeness (QED) is 0.669. The molecule has 0 atom stereocenters. The summed E-state index contributed by atoms with van der Waals surface area (Å²) < 4.78 is 26.0. The van der Waals surface area contributed by atoms with Gasteiger partial charge in [0.25, 0.3) is 0 Å². The van der Waals surface area contributed by atoms with Crippen LogP contribution in [0.4, 0.5) is 14.5 Å². The number of hydrogen-bond acceptors (Lipinski definition) is 2. The van der Waals surface area contributed by atoms with Gasteiger partial charge in [-0.3, -0.25) is 4.79 Å². The van der Waals surface area contributed by atoms with E-state index in [9.17, 15) is 13.6 Å². The van der Waals surface area contributed by atoms with Gasteiger partial charge in [0.05, 0.1) is 5.69 Å². The van der Waals surface area contributed by atoms with Crippen molar-refractivity contribution in [2.75, 3.05) is 5.32 Å². The van der Waals surface area contributed by atoms with Gasteiger partial charge in [-0.2, -0.15) is 0 Å². The highest BCUT2D eigenvalue weighted by atomic mass is 19.1. The first-order chi connectivity index (χ1) is 9.16. The number of hydrogen-bond donors (Lipinski definition) is 1. The Morgan fingerprint density at radius 2 is 1.79 bits per heavy atom. The van der Waals surface area contributed by atoms with Gasteiger partial charge in [-0.15, -0.1) is 0 Å². The number of anilines is 1. The van der Waals surface area contributed by atoms with Crippen LogP contribution in [-0.4, -0.2) is 5.78 Å². The minimum atomic E-state index is -0.711. The summed E-state index contributed by atoms with van der Waals surface area (Å²) in [5, 5.41) is 2.60. The molecule has 4 heteroatoms. The molecule has 96 valence electrons. The second kappa shape index (κ2) is 5.91. The van der Waals surface area contributed by atoms with Crippen LogP contribution in [-0.2, 0) is 0 Å². The number of nitrogens with one attached hydrogen (secondary N) is 1. The molecule has 2 rings (SSSR count). The van der Waals surface area contributed by atoms with E-state index in [1.807, 2.05) is 6.07 Å². The highest BCUT2D eigenvalue weighted by Gasteiger charge is 2.02. The molecule has 0 saturated heterocycles. The summed E-state index contributed by atoms with van der Waals surface area (Å²) in [7, 11) is 0. The molecule has 0 heterocycles. The standard InChI is InChI=1S/C15H11F2NO/c16-12-6-7-14(13(17)10-12)18-9-8-15(19)11-4-2-1-3-5-11/h1-10,18H. The van der Waals surface area contributed by atoms with Crippen molar-refractivity contribution >= 4 is 11.5 Å². The van der Waals surface area contributed by atoms with E-state index in [0.29, 0.717) is 5.56 Å². The Balaban J connectivity index is 2.02. The Morgan fingerprint density at radius 1 is 1.05 bits per heavy atom. The van der Waals surface area contributed by atoms with Gasteiger partial charge >= 0.3 is 0 Å². The van der Waals surface area contributed by atoms with Gasteiger partial charge in [-0.05, 0) is 12.1 Å². The zero-order valence-corrected chi connectivity index (χ0v) is 9.94. The molecule has 0 fully saturated rings. The van der Waals surface area contributed by atoms with Crippen molar-refractivity contribution in [2.45, 2.75) is 0 Å². The summed E-state index contributed by atoms with van der Waals surface area (Å²) in [5.41, 5.74) is 0.652. The maximum absolute atomic E-state index is 13.3. The maximum atomic E-state index is 13.3. The van der Waals surface area contributed by atoms with Crippen molar-refractivity contribution in [1.29, 1.82) is 0 Å². The summed E-state index contributed by atoms with van der Waals surface area (Å²) in [4.78, 5) is 11.7. The van der Waals surface area contributed by atoms with Crippen LogP contribution in [0.15, 0.2) is 60.8 Å². The first-order valence-corrected chi connectivity index (χ1v) is 5.64. The highest BCUT2D eigenvalue weighted by Crippen LogP contribution is 2.14. The van der Waals surface area contributed by atoms with Crippen molar-refractivity contribution in [2.24, 2.45) is 0 Å². The van der Waals surface area contributed by atoms with E-state index in [4.69, 9.17) is 0 Å². The van der Waals surface area contributed by atoms with E-state index in [1.165, 1.54) is 18.3 Å². The number of carbonyl (C=O) groups is 1. The molecule has 1 N–H and O–H groups in total. The fraction of sp³-hybridized carbons (Fsp3) is 0. The first kappa shape index (κ1) is 13.0. The molecule has 19 heavy (non-hydrogen) atoms. The molecule has 0 aromatic heterocycles. The smallest absolute Gasteiger partial charge is 0.187 e. The topological polar surface area (TPSA) is 29.1 Å². The number of allylic oxidation sites excluding steroid dienone is 1. The first-order valence-electron chi connectivity index (χ1n) is 5.64. The molecule has 2 aromatic rings. The van der Waals surface area contributed by atoms with Crippen LogP contribution in [0.25, 0.3) is 0 Å². The van der Waals surface area contributed by atoms with E-state index >= 15 is 0 Å². The summed E-state index contributed by atoms with van der Waals surface area (Å²) >= 11 is 0. The molecule has 0 saturated carbocycles. The number of ketones is 1. The molecule has 2 aromatic carbocycles. The van der Waals surface area contributed by atoms with E-state index in [-0.39, 0.29) is 11.5 Å². The molecule has 0 radical (unpaired) electrons. The van der Waals surface area contributed by atoms with Gasteiger partial charge in [-0.1, -0.05) is 30.3 Å². The molecule has 0 unspecified atom stereocenters. The molecule has 0 amide bonds. The lowest BCUT2D eigenvalue weighted by Gasteiger charge is -2.02. The maximum Gasteiger partial charge on any atom is 0.187 e. The summed E-state index contributed by atoms with van der Waals surface area (Å²) in [5.74, 6) is -1.56. The van der Waals surface area contributed by atoms with Crippen LogP contribution in [0.1, 0.15) is 10.4 Å².